The van der Waals surface area contributed by atoms with Crippen molar-refractivity contribution < 1.29 is 9.53 Å². The van der Waals surface area contributed by atoms with Gasteiger partial charge < -0.3 is 15.0 Å². The summed E-state index contributed by atoms with van der Waals surface area (Å²) in [4.78, 5) is 15.7. The summed E-state index contributed by atoms with van der Waals surface area (Å²) in [6.45, 7) is 3.75. The summed E-state index contributed by atoms with van der Waals surface area (Å²) in [6.07, 6.45) is 8.56. The number of thioether (sulfide) groups is 1. The number of hydrogen-bond donors (Lipinski definition) is 1. The van der Waals surface area contributed by atoms with E-state index in [1.54, 1.807) is 4.90 Å². The lowest BCUT2D eigenvalue weighted by Crippen LogP contribution is -2.45. The minimum absolute atomic E-state index is 0.0541. The number of nitrogens with one attached hydrogen (secondary N) is 1. The van der Waals surface area contributed by atoms with Crippen molar-refractivity contribution >= 4 is 17.8 Å². The molecule has 2 amide bonds. The number of carbonyl (C=O) groups is 1. The van der Waals surface area contributed by atoms with Gasteiger partial charge in [-0.3, -0.25) is 0 Å². The lowest BCUT2D eigenvalue weighted by Gasteiger charge is -2.30. The van der Waals surface area contributed by atoms with E-state index in [0.717, 1.165) is 31.6 Å². The Balaban J connectivity index is 1.69. The van der Waals surface area contributed by atoms with E-state index in [9.17, 15) is 4.79 Å². The molecule has 0 aliphatic carbocycles. The first-order valence-corrected chi connectivity index (χ1v) is 9.50. The monoisotopic (exact) mass is 344 g/mol. The fourth-order valence-corrected chi connectivity index (χ4v) is 4.37. The number of benzene rings is 1. The van der Waals surface area contributed by atoms with Gasteiger partial charge in [-0.15, -0.1) is 18.2 Å². The van der Waals surface area contributed by atoms with Gasteiger partial charge in [0, 0.05) is 23.8 Å². The summed E-state index contributed by atoms with van der Waals surface area (Å²) < 4.78 is 5.65. The molecule has 0 saturated carbocycles. The van der Waals surface area contributed by atoms with Gasteiger partial charge in [0.2, 0.25) is 0 Å². The number of nitrogens with zero attached hydrogens (tertiary/aromatic N) is 1. The summed E-state index contributed by atoms with van der Waals surface area (Å²) >= 11 is 1.86. The molecule has 2 aliphatic rings. The number of terminal acetylenes is 1. The number of carbonyl (C=O) groups excluding carboxylic acids is 1. The zero-order chi connectivity index (χ0) is 16.9. The van der Waals surface area contributed by atoms with Crippen molar-refractivity contribution in [1.82, 2.24) is 10.2 Å². The second-order valence-electron chi connectivity index (χ2n) is 6.40. The first-order valence-electron chi connectivity index (χ1n) is 8.51. The van der Waals surface area contributed by atoms with Gasteiger partial charge in [-0.25, -0.2) is 4.79 Å². The lowest BCUT2D eigenvalue weighted by atomic mass is 10.0. The van der Waals surface area contributed by atoms with Crippen LogP contribution in [0.4, 0.5) is 4.79 Å². The normalized spacial score (nSPS) is 22.5. The molecule has 2 heterocycles. The Hall–Kier alpha value is -1.64. The summed E-state index contributed by atoms with van der Waals surface area (Å²) in [7, 11) is 0. The summed E-state index contributed by atoms with van der Waals surface area (Å²) in [5.41, 5.74) is 2.44. The standard InChI is InChI=1S/C19H24N2O2S/c1-3-9-21(13-15-5-4-10-23-15)19(22)20-17-8-11-24-18-7-6-14(2)12-16(17)18/h1,6-7,12,15,17H,4-5,8-11,13H2,2H3,(H,20,22)/t15-,17+/m1/s1. The maximum Gasteiger partial charge on any atom is 0.318 e. The highest BCUT2D eigenvalue weighted by Crippen LogP contribution is 2.36. The van der Waals surface area contributed by atoms with Gasteiger partial charge in [0.25, 0.3) is 0 Å². The van der Waals surface area contributed by atoms with Crippen LogP contribution >= 0.6 is 11.8 Å². The molecule has 1 aromatic carbocycles. The minimum Gasteiger partial charge on any atom is -0.376 e. The van der Waals surface area contributed by atoms with Crippen molar-refractivity contribution in [3.05, 3.63) is 29.3 Å². The van der Waals surface area contributed by atoms with E-state index in [2.05, 4.69) is 36.4 Å². The van der Waals surface area contributed by atoms with Crippen LogP contribution in [-0.2, 0) is 4.74 Å². The van der Waals surface area contributed by atoms with Crippen LogP contribution in [0.3, 0.4) is 0 Å². The Morgan fingerprint density at radius 3 is 3.12 bits per heavy atom. The Morgan fingerprint density at radius 1 is 1.50 bits per heavy atom. The summed E-state index contributed by atoms with van der Waals surface area (Å²) in [6, 6.07) is 6.42. The Kier molecular flexibility index (Phi) is 5.70. The topological polar surface area (TPSA) is 41.6 Å². The van der Waals surface area contributed by atoms with Crippen molar-refractivity contribution in [1.29, 1.82) is 0 Å². The van der Waals surface area contributed by atoms with Crippen LogP contribution in [-0.4, -0.2) is 42.5 Å². The number of hydrogen-bond acceptors (Lipinski definition) is 3. The molecule has 128 valence electrons. The molecule has 1 saturated heterocycles. The van der Waals surface area contributed by atoms with Gasteiger partial charge in [0.05, 0.1) is 18.7 Å². The second kappa shape index (κ2) is 7.96. The second-order valence-corrected chi connectivity index (χ2v) is 7.54. The molecule has 0 aromatic heterocycles. The summed E-state index contributed by atoms with van der Waals surface area (Å²) in [5, 5.41) is 3.18. The SMILES string of the molecule is C#CCN(C[C@H]1CCCO1)C(=O)N[C@H]1CCSc2ccc(C)cc21. The van der Waals surface area contributed by atoms with E-state index in [0.29, 0.717) is 13.1 Å². The maximum absolute atomic E-state index is 12.7. The van der Waals surface area contributed by atoms with Crippen LogP contribution in [0.5, 0.6) is 0 Å². The van der Waals surface area contributed by atoms with Gasteiger partial charge >= 0.3 is 6.03 Å². The quantitative estimate of drug-likeness (QED) is 0.852. The molecule has 0 spiro atoms. The molecule has 24 heavy (non-hydrogen) atoms. The first-order chi connectivity index (χ1) is 11.7. The number of ether oxygens (including phenoxy) is 1. The molecule has 1 aromatic rings. The third-order valence-corrected chi connectivity index (χ3v) is 5.64. The highest BCUT2D eigenvalue weighted by atomic mass is 32.2. The third kappa shape index (κ3) is 4.06. The average Bonchev–Trinajstić information content (AvgIpc) is 3.08. The number of fused-ring (bicyclic) bond motifs is 1. The van der Waals surface area contributed by atoms with Crippen molar-refractivity contribution in [3.8, 4) is 12.3 Å². The van der Waals surface area contributed by atoms with Gasteiger partial charge in [-0.05, 0) is 37.8 Å². The van der Waals surface area contributed by atoms with Crippen LogP contribution in [0, 0.1) is 19.3 Å². The molecule has 1 fully saturated rings. The van der Waals surface area contributed by atoms with E-state index in [-0.39, 0.29) is 18.2 Å². The zero-order valence-corrected chi connectivity index (χ0v) is 14.9. The Bertz CT molecular complexity index is 635. The van der Waals surface area contributed by atoms with Crippen molar-refractivity contribution in [2.75, 3.05) is 25.4 Å². The van der Waals surface area contributed by atoms with E-state index in [4.69, 9.17) is 11.2 Å². The largest absolute Gasteiger partial charge is 0.376 e. The van der Waals surface area contributed by atoms with Crippen molar-refractivity contribution in [3.63, 3.8) is 0 Å². The fourth-order valence-electron chi connectivity index (χ4n) is 3.27. The molecular formula is C19H24N2O2S. The number of rotatable bonds is 4. The van der Waals surface area contributed by atoms with E-state index >= 15 is 0 Å². The molecule has 2 aliphatic heterocycles. The van der Waals surface area contributed by atoms with Crippen LogP contribution in [0.1, 0.15) is 36.4 Å². The molecule has 2 atom stereocenters. The molecule has 3 rings (SSSR count). The van der Waals surface area contributed by atoms with Crippen LogP contribution in [0.25, 0.3) is 0 Å². The third-order valence-electron chi connectivity index (χ3n) is 4.52. The number of amides is 2. The van der Waals surface area contributed by atoms with Gasteiger partial charge in [-0.1, -0.05) is 23.6 Å². The van der Waals surface area contributed by atoms with E-state index in [1.807, 2.05) is 11.8 Å². The number of urea groups is 1. The van der Waals surface area contributed by atoms with Crippen molar-refractivity contribution in [2.24, 2.45) is 0 Å². The molecule has 1 N–H and O–H groups in total. The average molecular weight is 344 g/mol. The highest BCUT2D eigenvalue weighted by molar-refractivity contribution is 7.99. The predicted octanol–water partition coefficient (Wildman–Crippen LogP) is 3.36. The lowest BCUT2D eigenvalue weighted by molar-refractivity contribution is 0.0840. The minimum atomic E-state index is -0.0900. The molecule has 0 unspecified atom stereocenters. The first kappa shape index (κ1) is 17.2. The molecular weight excluding hydrogens is 320 g/mol. The van der Waals surface area contributed by atoms with Crippen LogP contribution < -0.4 is 5.32 Å². The van der Waals surface area contributed by atoms with Crippen molar-refractivity contribution in [2.45, 2.75) is 43.2 Å². The maximum atomic E-state index is 12.7. The predicted molar refractivity (Wildman–Crippen MR) is 97.2 cm³/mol. The smallest absolute Gasteiger partial charge is 0.318 e. The Labute approximate surface area is 148 Å². The molecule has 5 heteroatoms. The van der Waals surface area contributed by atoms with Crippen LogP contribution in [0.2, 0.25) is 0 Å². The van der Waals surface area contributed by atoms with Gasteiger partial charge in [0.1, 0.15) is 0 Å². The molecule has 0 bridgehead atoms. The highest BCUT2D eigenvalue weighted by Gasteiger charge is 2.26. The van der Waals surface area contributed by atoms with Crippen LogP contribution in [0.15, 0.2) is 23.1 Å². The zero-order valence-electron chi connectivity index (χ0n) is 14.1. The van der Waals surface area contributed by atoms with E-state index < -0.39 is 0 Å². The molecule has 0 radical (unpaired) electrons. The van der Waals surface area contributed by atoms with Gasteiger partial charge in [-0.2, -0.15) is 0 Å². The Morgan fingerprint density at radius 2 is 2.38 bits per heavy atom. The van der Waals surface area contributed by atoms with Gasteiger partial charge in [0.15, 0.2) is 0 Å². The van der Waals surface area contributed by atoms with E-state index in [1.165, 1.54) is 16.0 Å². The molecule has 4 nitrogen and oxygen atoms in total. The summed E-state index contributed by atoms with van der Waals surface area (Å²) in [5.74, 6) is 3.61. The fraction of sp³-hybridized carbons (Fsp3) is 0.526. The number of aryl methyl sites for hydroxylation is 1.